The van der Waals surface area contributed by atoms with Crippen molar-refractivity contribution in [2.75, 3.05) is 7.11 Å². The molecule has 1 heterocycles. The fraction of sp³-hybridized carbons (Fsp3) is 0.0833. The number of hydrogen-bond acceptors (Lipinski definition) is 4. The van der Waals surface area contributed by atoms with E-state index >= 15 is 0 Å². The van der Waals surface area contributed by atoms with Crippen LogP contribution in [0.5, 0.6) is 5.75 Å². The molecule has 156 valence electrons. The quantitative estimate of drug-likeness (QED) is 0.316. The number of nitrogens with zero attached hydrogens (tertiary/aromatic N) is 2. The van der Waals surface area contributed by atoms with Crippen molar-refractivity contribution in [3.05, 3.63) is 97.8 Å². The summed E-state index contributed by atoms with van der Waals surface area (Å²) in [6.07, 6.45) is 1.88. The van der Waals surface area contributed by atoms with E-state index in [0.29, 0.717) is 22.4 Å². The van der Waals surface area contributed by atoms with Crippen LogP contribution in [0.2, 0.25) is 0 Å². The number of amidine groups is 1. The summed E-state index contributed by atoms with van der Waals surface area (Å²) in [6.45, 7) is 0.464. The molecule has 0 aromatic heterocycles. The molecule has 3 aromatic rings. The van der Waals surface area contributed by atoms with Crippen LogP contribution in [-0.2, 0) is 11.3 Å². The number of ether oxygens (including phenoxy) is 1. The number of halogens is 2. The normalized spacial score (nSPS) is 16.4. The highest BCUT2D eigenvalue weighted by Crippen LogP contribution is 2.38. The maximum absolute atomic E-state index is 13.3. The maximum Gasteiger partial charge on any atom is 0.267 e. The molecular weight excluding hydrogens is 540 g/mol. The number of amides is 1. The third kappa shape index (κ3) is 5.11. The van der Waals surface area contributed by atoms with Crippen LogP contribution < -0.4 is 4.74 Å². The summed E-state index contributed by atoms with van der Waals surface area (Å²) < 4.78 is 7.00. The zero-order chi connectivity index (χ0) is 21.8. The highest BCUT2D eigenvalue weighted by Gasteiger charge is 2.33. The second-order valence-corrected chi connectivity index (χ2v) is 9.45. The van der Waals surface area contributed by atoms with Crippen LogP contribution >= 0.6 is 43.6 Å². The Morgan fingerprint density at radius 2 is 1.61 bits per heavy atom. The first-order chi connectivity index (χ1) is 15.0. The van der Waals surface area contributed by atoms with Crippen molar-refractivity contribution in [1.82, 2.24) is 4.90 Å². The van der Waals surface area contributed by atoms with Gasteiger partial charge in [0.05, 0.1) is 33.2 Å². The molecule has 4 nitrogen and oxygen atoms in total. The van der Waals surface area contributed by atoms with Crippen LogP contribution in [-0.4, -0.2) is 23.1 Å². The van der Waals surface area contributed by atoms with Gasteiger partial charge in [0.2, 0.25) is 0 Å². The van der Waals surface area contributed by atoms with E-state index in [2.05, 4.69) is 31.9 Å². The van der Waals surface area contributed by atoms with Crippen molar-refractivity contribution in [3.63, 3.8) is 0 Å². The zero-order valence-electron chi connectivity index (χ0n) is 16.6. The van der Waals surface area contributed by atoms with Gasteiger partial charge in [-0.1, -0.05) is 48.5 Å². The first-order valence-electron chi connectivity index (χ1n) is 9.47. The molecule has 4 rings (SSSR count). The topological polar surface area (TPSA) is 41.9 Å². The first-order valence-corrected chi connectivity index (χ1v) is 11.9. The summed E-state index contributed by atoms with van der Waals surface area (Å²) in [5.41, 5.74) is 2.75. The van der Waals surface area contributed by atoms with Crippen LogP contribution in [0.25, 0.3) is 6.08 Å². The van der Waals surface area contributed by atoms with Crippen molar-refractivity contribution in [1.29, 1.82) is 0 Å². The zero-order valence-corrected chi connectivity index (χ0v) is 20.6. The minimum Gasteiger partial charge on any atom is -0.494 e. The lowest BCUT2D eigenvalue weighted by Gasteiger charge is -2.15. The van der Waals surface area contributed by atoms with Gasteiger partial charge in [-0.2, -0.15) is 0 Å². The second kappa shape index (κ2) is 9.85. The fourth-order valence-electron chi connectivity index (χ4n) is 3.12. The van der Waals surface area contributed by atoms with Crippen LogP contribution in [0.15, 0.2) is 91.6 Å². The van der Waals surface area contributed by atoms with Crippen molar-refractivity contribution < 1.29 is 9.53 Å². The average molecular weight is 558 g/mol. The molecule has 0 spiro atoms. The molecule has 0 aliphatic carbocycles. The van der Waals surface area contributed by atoms with Crippen LogP contribution in [0.4, 0.5) is 5.69 Å². The minimum absolute atomic E-state index is 0.0633. The molecular formula is C24H18Br2N2O2S. The molecule has 0 N–H and O–H groups in total. The largest absolute Gasteiger partial charge is 0.494 e. The average Bonchev–Trinajstić information content (AvgIpc) is 3.04. The number of carbonyl (C=O) groups excluding carboxylic acids is 1. The summed E-state index contributed by atoms with van der Waals surface area (Å²) in [5, 5.41) is 0.665. The van der Waals surface area contributed by atoms with E-state index in [1.165, 1.54) is 11.8 Å². The summed E-state index contributed by atoms with van der Waals surface area (Å²) in [7, 11) is 1.62. The van der Waals surface area contributed by atoms with E-state index in [4.69, 9.17) is 9.73 Å². The van der Waals surface area contributed by atoms with E-state index in [1.807, 2.05) is 78.9 Å². The first kappa shape index (κ1) is 21.9. The molecule has 0 saturated carbocycles. The molecule has 0 radical (unpaired) electrons. The highest BCUT2D eigenvalue weighted by atomic mass is 79.9. The van der Waals surface area contributed by atoms with E-state index in [0.717, 1.165) is 25.8 Å². The van der Waals surface area contributed by atoms with Gasteiger partial charge in [0.25, 0.3) is 5.91 Å². The van der Waals surface area contributed by atoms with Crippen molar-refractivity contribution >= 4 is 66.5 Å². The van der Waals surface area contributed by atoms with E-state index < -0.39 is 0 Å². The Morgan fingerprint density at radius 1 is 1.00 bits per heavy atom. The number of methoxy groups -OCH3 is 1. The highest BCUT2D eigenvalue weighted by molar-refractivity contribution is 9.11. The number of aliphatic imine (C=N–C) groups is 1. The number of carbonyl (C=O) groups is 1. The molecule has 0 atom stereocenters. The summed E-state index contributed by atoms with van der Waals surface area (Å²) in [4.78, 5) is 20.4. The molecule has 1 saturated heterocycles. The van der Waals surface area contributed by atoms with Gasteiger partial charge < -0.3 is 4.74 Å². The number of thioether (sulfide) groups is 1. The standard InChI is InChI=1S/C24H18Br2N2O2S/c1-30-22-19(25)12-17(13-20(22)26)14-21-23(29)28(15-16-8-4-2-5-9-16)24(31-21)27-18-10-6-3-7-11-18/h2-14H,15H2,1H3/b21-14+,27-24?. The predicted octanol–water partition coefficient (Wildman–Crippen LogP) is 7.02. The van der Waals surface area contributed by atoms with Crippen LogP contribution in [0.1, 0.15) is 11.1 Å². The lowest BCUT2D eigenvalue weighted by molar-refractivity contribution is -0.122. The molecule has 3 aromatic carbocycles. The molecule has 1 aliphatic rings. The Morgan fingerprint density at radius 3 is 2.23 bits per heavy atom. The van der Waals surface area contributed by atoms with Gasteiger partial charge in [0.1, 0.15) is 5.75 Å². The van der Waals surface area contributed by atoms with Crippen LogP contribution in [0.3, 0.4) is 0 Å². The number of para-hydroxylation sites is 1. The molecule has 0 unspecified atom stereocenters. The monoisotopic (exact) mass is 556 g/mol. The molecule has 7 heteroatoms. The molecule has 1 amide bonds. The van der Waals surface area contributed by atoms with Gasteiger partial charge in [-0.05, 0) is 85.1 Å². The van der Waals surface area contributed by atoms with Gasteiger partial charge in [-0.25, -0.2) is 4.99 Å². The summed E-state index contributed by atoms with van der Waals surface area (Å²) >= 11 is 8.43. The Hall–Kier alpha value is -2.35. The SMILES string of the molecule is COc1c(Br)cc(/C=C2/SC(=Nc3ccccc3)N(Cc3ccccc3)C2=O)cc1Br. The summed E-state index contributed by atoms with van der Waals surface area (Å²) in [5.74, 6) is 0.649. The number of benzene rings is 3. The van der Waals surface area contributed by atoms with Gasteiger partial charge in [0.15, 0.2) is 5.17 Å². The van der Waals surface area contributed by atoms with Gasteiger partial charge >= 0.3 is 0 Å². The Labute approximate surface area is 202 Å². The Balaban J connectivity index is 1.71. The minimum atomic E-state index is -0.0633. The van der Waals surface area contributed by atoms with Crippen molar-refractivity contribution in [2.45, 2.75) is 6.54 Å². The van der Waals surface area contributed by atoms with E-state index in [-0.39, 0.29) is 5.91 Å². The van der Waals surface area contributed by atoms with Gasteiger partial charge in [-0.3, -0.25) is 9.69 Å². The van der Waals surface area contributed by atoms with Gasteiger partial charge in [-0.15, -0.1) is 0 Å². The fourth-order valence-corrected chi connectivity index (χ4v) is 5.66. The number of rotatable bonds is 5. The number of hydrogen-bond donors (Lipinski definition) is 0. The van der Waals surface area contributed by atoms with Crippen molar-refractivity contribution in [2.24, 2.45) is 4.99 Å². The third-order valence-electron chi connectivity index (χ3n) is 4.58. The molecule has 31 heavy (non-hydrogen) atoms. The smallest absolute Gasteiger partial charge is 0.267 e. The Kier molecular flexibility index (Phi) is 6.95. The molecule has 0 bridgehead atoms. The summed E-state index contributed by atoms with van der Waals surface area (Å²) in [6, 6.07) is 23.5. The lowest BCUT2D eigenvalue weighted by Crippen LogP contribution is -2.28. The predicted molar refractivity (Wildman–Crippen MR) is 134 cm³/mol. The van der Waals surface area contributed by atoms with Gasteiger partial charge in [0, 0.05) is 0 Å². The maximum atomic E-state index is 13.3. The molecule has 1 fully saturated rings. The molecule has 1 aliphatic heterocycles. The second-order valence-electron chi connectivity index (χ2n) is 6.74. The van der Waals surface area contributed by atoms with E-state index in [9.17, 15) is 4.79 Å². The third-order valence-corrected chi connectivity index (χ3v) is 6.76. The van der Waals surface area contributed by atoms with E-state index in [1.54, 1.807) is 12.0 Å². The lowest BCUT2D eigenvalue weighted by atomic mass is 10.2. The van der Waals surface area contributed by atoms with Crippen molar-refractivity contribution in [3.8, 4) is 5.75 Å². The Bertz CT molecular complexity index is 1140. The van der Waals surface area contributed by atoms with Crippen LogP contribution in [0, 0.1) is 0 Å².